The minimum absolute atomic E-state index is 0.0648. The summed E-state index contributed by atoms with van der Waals surface area (Å²) in [6.07, 6.45) is 3.33. The number of allylic oxidation sites excluding steroid dienone is 1. The maximum absolute atomic E-state index is 12.4. The molecule has 3 aromatic rings. The molecule has 3 nitrogen and oxygen atoms in total. The van der Waals surface area contributed by atoms with Crippen LogP contribution in [0.5, 0.6) is 11.5 Å². The molecule has 0 aliphatic carbocycles. The third-order valence-electron chi connectivity index (χ3n) is 3.99. The summed E-state index contributed by atoms with van der Waals surface area (Å²) in [6.45, 7) is 0.445. The molecule has 0 saturated carbocycles. The Morgan fingerprint density at radius 2 is 1.70 bits per heavy atom. The first-order valence-corrected chi connectivity index (χ1v) is 9.28. The van der Waals surface area contributed by atoms with Gasteiger partial charge in [0.15, 0.2) is 17.3 Å². The lowest BCUT2D eigenvalue weighted by atomic mass is 10.1. The lowest BCUT2D eigenvalue weighted by Crippen LogP contribution is -1.98. The van der Waals surface area contributed by atoms with Crippen LogP contribution in [0.2, 0.25) is 0 Å². The number of rotatable bonds is 7. The molecule has 0 fully saturated rings. The number of halogens is 1. The highest BCUT2D eigenvalue weighted by Gasteiger charge is 2.08. The second-order valence-electron chi connectivity index (χ2n) is 5.86. The van der Waals surface area contributed by atoms with Crippen LogP contribution in [-0.4, -0.2) is 12.9 Å². The zero-order chi connectivity index (χ0) is 19.1. The summed E-state index contributed by atoms with van der Waals surface area (Å²) in [5.74, 6) is 1.22. The van der Waals surface area contributed by atoms with Gasteiger partial charge in [-0.2, -0.15) is 0 Å². The number of methoxy groups -OCH3 is 1. The van der Waals surface area contributed by atoms with Gasteiger partial charge < -0.3 is 9.47 Å². The Hall–Kier alpha value is -2.85. The lowest BCUT2D eigenvalue weighted by molar-refractivity contribution is 0.104. The molecule has 0 heterocycles. The molecular formula is C23H19BrO3. The van der Waals surface area contributed by atoms with Crippen LogP contribution in [0, 0.1) is 0 Å². The predicted octanol–water partition coefficient (Wildman–Crippen LogP) is 5.93. The number of hydrogen-bond donors (Lipinski definition) is 0. The van der Waals surface area contributed by atoms with E-state index in [2.05, 4.69) is 15.9 Å². The van der Waals surface area contributed by atoms with Crippen LogP contribution in [0.4, 0.5) is 0 Å². The van der Waals surface area contributed by atoms with Crippen molar-refractivity contribution >= 4 is 27.8 Å². The van der Waals surface area contributed by atoms with Gasteiger partial charge in [0.2, 0.25) is 0 Å². The minimum atomic E-state index is -0.0648. The zero-order valence-electron chi connectivity index (χ0n) is 14.9. The average Bonchev–Trinajstić information content (AvgIpc) is 2.71. The molecule has 0 N–H and O–H groups in total. The van der Waals surface area contributed by atoms with Gasteiger partial charge in [-0.1, -0.05) is 70.5 Å². The van der Waals surface area contributed by atoms with Crippen LogP contribution in [0.3, 0.4) is 0 Å². The van der Waals surface area contributed by atoms with Gasteiger partial charge in [-0.25, -0.2) is 0 Å². The van der Waals surface area contributed by atoms with Crippen molar-refractivity contribution in [2.24, 2.45) is 0 Å². The Morgan fingerprint density at radius 1 is 0.963 bits per heavy atom. The van der Waals surface area contributed by atoms with Gasteiger partial charge in [0.1, 0.15) is 6.61 Å². The molecule has 0 aromatic heterocycles. The highest BCUT2D eigenvalue weighted by Crippen LogP contribution is 2.29. The molecule has 4 heteroatoms. The van der Waals surface area contributed by atoms with Gasteiger partial charge in [0.05, 0.1) is 7.11 Å². The van der Waals surface area contributed by atoms with Crippen molar-refractivity contribution in [1.82, 2.24) is 0 Å². The van der Waals surface area contributed by atoms with Crippen LogP contribution in [0.1, 0.15) is 21.5 Å². The van der Waals surface area contributed by atoms with E-state index >= 15 is 0 Å². The minimum Gasteiger partial charge on any atom is -0.493 e. The molecule has 0 aliphatic heterocycles. The molecule has 0 amide bonds. The third kappa shape index (κ3) is 5.08. The van der Waals surface area contributed by atoms with E-state index in [0.29, 0.717) is 23.7 Å². The first-order valence-electron chi connectivity index (χ1n) is 8.49. The quantitative estimate of drug-likeness (QED) is 0.349. The monoisotopic (exact) mass is 422 g/mol. The summed E-state index contributed by atoms with van der Waals surface area (Å²) >= 11 is 3.41. The van der Waals surface area contributed by atoms with Crippen molar-refractivity contribution < 1.29 is 14.3 Å². The second-order valence-corrected chi connectivity index (χ2v) is 6.72. The first kappa shape index (κ1) is 18.9. The van der Waals surface area contributed by atoms with Gasteiger partial charge in [-0.3, -0.25) is 4.79 Å². The summed E-state index contributed by atoms with van der Waals surface area (Å²) in [5.41, 5.74) is 2.56. The van der Waals surface area contributed by atoms with Gasteiger partial charge in [0, 0.05) is 10.0 Å². The SMILES string of the molecule is COc1ccc(C=CC(=O)c2ccccc2Br)cc1OCc1ccccc1. The highest BCUT2D eigenvalue weighted by atomic mass is 79.9. The summed E-state index contributed by atoms with van der Waals surface area (Å²) in [6, 6.07) is 22.9. The summed E-state index contributed by atoms with van der Waals surface area (Å²) in [5, 5.41) is 0. The van der Waals surface area contributed by atoms with Crippen molar-refractivity contribution in [1.29, 1.82) is 0 Å². The Bertz CT molecular complexity index is 949. The van der Waals surface area contributed by atoms with E-state index in [-0.39, 0.29) is 5.78 Å². The van der Waals surface area contributed by atoms with Crippen LogP contribution < -0.4 is 9.47 Å². The molecule has 3 aromatic carbocycles. The Labute approximate surface area is 167 Å². The van der Waals surface area contributed by atoms with Crippen molar-refractivity contribution in [3.8, 4) is 11.5 Å². The number of carbonyl (C=O) groups excluding carboxylic acids is 1. The number of ether oxygens (including phenoxy) is 2. The summed E-state index contributed by atoms with van der Waals surface area (Å²) < 4.78 is 12.1. The van der Waals surface area contributed by atoms with Crippen LogP contribution >= 0.6 is 15.9 Å². The topological polar surface area (TPSA) is 35.5 Å². The van der Waals surface area contributed by atoms with Crippen LogP contribution in [0.25, 0.3) is 6.08 Å². The molecule has 0 spiro atoms. The second kappa shape index (κ2) is 9.19. The molecule has 0 saturated heterocycles. The van der Waals surface area contributed by atoms with Gasteiger partial charge >= 0.3 is 0 Å². The lowest BCUT2D eigenvalue weighted by Gasteiger charge is -2.11. The fraction of sp³-hybridized carbons (Fsp3) is 0.0870. The summed E-state index contributed by atoms with van der Waals surface area (Å²) in [4.78, 5) is 12.4. The van der Waals surface area contributed by atoms with E-state index < -0.39 is 0 Å². The number of benzene rings is 3. The predicted molar refractivity (Wildman–Crippen MR) is 111 cm³/mol. The van der Waals surface area contributed by atoms with E-state index in [0.717, 1.165) is 15.6 Å². The average molecular weight is 423 g/mol. The van der Waals surface area contributed by atoms with Gasteiger partial charge in [-0.15, -0.1) is 0 Å². The largest absolute Gasteiger partial charge is 0.493 e. The normalized spacial score (nSPS) is 10.7. The first-order chi connectivity index (χ1) is 13.2. The van der Waals surface area contributed by atoms with Crippen molar-refractivity contribution in [3.63, 3.8) is 0 Å². The van der Waals surface area contributed by atoms with E-state index in [4.69, 9.17) is 9.47 Å². The molecule has 0 aliphatic rings. The summed E-state index contributed by atoms with van der Waals surface area (Å²) in [7, 11) is 1.61. The van der Waals surface area contributed by atoms with Crippen LogP contribution in [0.15, 0.2) is 83.3 Å². The van der Waals surface area contributed by atoms with E-state index in [1.165, 1.54) is 0 Å². The van der Waals surface area contributed by atoms with Crippen LogP contribution in [-0.2, 0) is 6.61 Å². The Kier molecular flexibility index (Phi) is 6.44. The number of carbonyl (C=O) groups is 1. The van der Waals surface area contributed by atoms with Gasteiger partial charge in [0.25, 0.3) is 0 Å². The fourth-order valence-electron chi connectivity index (χ4n) is 2.57. The van der Waals surface area contributed by atoms with E-state index in [9.17, 15) is 4.79 Å². The smallest absolute Gasteiger partial charge is 0.186 e. The van der Waals surface area contributed by atoms with E-state index in [1.807, 2.05) is 66.7 Å². The van der Waals surface area contributed by atoms with Crippen molar-refractivity contribution in [2.75, 3.05) is 7.11 Å². The maximum Gasteiger partial charge on any atom is 0.186 e. The molecule has 0 atom stereocenters. The number of hydrogen-bond acceptors (Lipinski definition) is 3. The molecule has 0 unspecified atom stereocenters. The standard InChI is InChI=1S/C23H19BrO3/c1-26-22-14-12-17(11-13-21(25)19-9-5-6-10-20(19)24)15-23(22)27-16-18-7-3-2-4-8-18/h2-15H,16H2,1H3. The Morgan fingerprint density at radius 3 is 2.44 bits per heavy atom. The van der Waals surface area contributed by atoms with Gasteiger partial charge in [-0.05, 0) is 41.5 Å². The molecule has 136 valence electrons. The zero-order valence-corrected chi connectivity index (χ0v) is 16.5. The van der Waals surface area contributed by atoms with Crippen molar-refractivity contribution in [3.05, 3.63) is 100 Å². The molecule has 0 bridgehead atoms. The fourth-order valence-corrected chi connectivity index (χ4v) is 3.05. The molecule has 27 heavy (non-hydrogen) atoms. The molecule has 0 radical (unpaired) electrons. The molecular weight excluding hydrogens is 404 g/mol. The number of ketones is 1. The van der Waals surface area contributed by atoms with E-state index in [1.54, 1.807) is 25.3 Å². The highest BCUT2D eigenvalue weighted by molar-refractivity contribution is 9.10. The van der Waals surface area contributed by atoms with Crippen molar-refractivity contribution in [2.45, 2.75) is 6.61 Å². The third-order valence-corrected chi connectivity index (χ3v) is 4.68. The Balaban J connectivity index is 1.76. The molecule has 3 rings (SSSR count). The maximum atomic E-state index is 12.4.